The van der Waals surface area contributed by atoms with E-state index in [0.29, 0.717) is 35.5 Å². The van der Waals surface area contributed by atoms with Gasteiger partial charge in [-0.1, -0.05) is 29.9 Å². The molecule has 1 fully saturated rings. The Kier molecular flexibility index (Phi) is 7.09. The fraction of sp³-hybridized carbons (Fsp3) is 0.588. The van der Waals surface area contributed by atoms with Crippen molar-refractivity contribution in [2.24, 2.45) is 17.8 Å². The summed E-state index contributed by atoms with van der Waals surface area (Å²) >= 11 is 0. The lowest BCUT2D eigenvalue weighted by atomic mass is 9.64. The van der Waals surface area contributed by atoms with Gasteiger partial charge in [-0.3, -0.25) is 9.59 Å². The minimum Gasteiger partial charge on any atom is -0.507 e. The Morgan fingerprint density at radius 1 is 1.25 bits per heavy atom. The summed E-state index contributed by atoms with van der Waals surface area (Å²) in [6, 6.07) is 0. The number of phenolic OH excluding ortho intramolecular Hbond substituents is 1. The average molecular weight is 549 g/mol. The molecule has 2 aliphatic carbocycles. The number of allylic oxidation sites excluding steroid dienone is 4. The first-order valence-corrected chi connectivity index (χ1v) is 14.6. The summed E-state index contributed by atoms with van der Waals surface area (Å²) in [5.41, 5.74) is 3.32. The van der Waals surface area contributed by atoms with Gasteiger partial charge in [0.1, 0.15) is 40.3 Å². The number of aromatic hydroxyl groups is 1. The number of ether oxygens (including phenoxy) is 3. The van der Waals surface area contributed by atoms with Crippen molar-refractivity contribution < 1.29 is 28.9 Å². The highest BCUT2D eigenvalue weighted by Gasteiger charge is 2.53. The van der Waals surface area contributed by atoms with Crippen LogP contribution in [0.2, 0.25) is 0 Å². The van der Waals surface area contributed by atoms with E-state index in [1.54, 1.807) is 20.1 Å². The van der Waals surface area contributed by atoms with Gasteiger partial charge in [-0.05, 0) is 86.5 Å². The van der Waals surface area contributed by atoms with Crippen molar-refractivity contribution in [3.8, 4) is 17.2 Å². The van der Waals surface area contributed by atoms with E-state index in [4.69, 9.17) is 14.2 Å². The molecular weight excluding hydrogens is 504 g/mol. The molecule has 1 N–H and O–H groups in total. The Morgan fingerprint density at radius 3 is 2.55 bits per heavy atom. The van der Waals surface area contributed by atoms with Crippen LogP contribution in [0.5, 0.6) is 17.2 Å². The molecule has 0 aromatic heterocycles. The lowest BCUT2D eigenvalue weighted by molar-refractivity contribution is -0.122. The van der Waals surface area contributed by atoms with E-state index in [1.807, 2.05) is 34.6 Å². The van der Waals surface area contributed by atoms with Crippen LogP contribution in [0.4, 0.5) is 0 Å². The topological polar surface area (TPSA) is 82.1 Å². The van der Waals surface area contributed by atoms with Gasteiger partial charge in [0, 0.05) is 41.6 Å². The highest BCUT2D eigenvalue weighted by atomic mass is 16.5. The maximum Gasteiger partial charge on any atom is 0.199 e. The average Bonchev–Trinajstić information content (AvgIpc) is 2.87. The summed E-state index contributed by atoms with van der Waals surface area (Å²) < 4.78 is 19.5. The third kappa shape index (κ3) is 4.52. The maximum absolute atomic E-state index is 14.4. The third-order valence-electron chi connectivity index (χ3n) is 9.94. The highest BCUT2D eigenvalue weighted by molar-refractivity contribution is 6.15. The molecule has 40 heavy (non-hydrogen) atoms. The minimum absolute atomic E-state index is 0.000415. The molecular formula is C34H44O6. The second-order valence-electron chi connectivity index (χ2n) is 13.5. The molecule has 6 atom stereocenters. The number of hydrogen-bond acceptors (Lipinski definition) is 6. The number of phenols is 1. The van der Waals surface area contributed by atoms with E-state index < -0.39 is 17.6 Å². The molecule has 6 nitrogen and oxygen atoms in total. The zero-order valence-corrected chi connectivity index (χ0v) is 25.3. The normalized spacial score (nSPS) is 30.6. The molecule has 6 heteroatoms. The van der Waals surface area contributed by atoms with Crippen molar-refractivity contribution in [1.29, 1.82) is 0 Å². The summed E-state index contributed by atoms with van der Waals surface area (Å²) in [7, 11) is 1.65. The number of carbonyl (C=O) groups is 2. The predicted molar refractivity (Wildman–Crippen MR) is 155 cm³/mol. The van der Waals surface area contributed by atoms with Crippen LogP contribution in [0.1, 0.15) is 102 Å². The first kappa shape index (κ1) is 28.7. The number of carbonyl (C=O) groups excluding carboxylic acids is 2. The molecule has 0 amide bonds. The van der Waals surface area contributed by atoms with Gasteiger partial charge in [-0.2, -0.15) is 0 Å². The van der Waals surface area contributed by atoms with E-state index in [2.05, 4.69) is 19.6 Å². The second-order valence-corrected chi connectivity index (χ2v) is 13.5. The largest absolute Gasteiger partial charge is 0.507 e. The van der Waals surface area contributed by atoms with E-state index in [-0.39, 0.29) is 46.2 Å². The monoisotopic (exact) mass is 548 g/mol. The van der Waals surface area contributed by atoms with Crippen molar-refractivity contribution >= 4 is 11.6 Å². The number of benzene rings is 1. The van der Waals surface area contributed by atoms with Crippen LogP contribution in [-0.4, -0.2) is 41.1 Å². The third-order valence-corrected chi connectivity index (χ3v) is 9.94. The minimum atomic E-state index is -0.651. The molecule has 1 aromatic carbocycles. The van der Waals surface area contributed by atoms with Crippen LogP contribution in [0, 0.1) is 17.8 Å². The molecule has 4 aliphatic rings. The van der Waals surface area contributed by atoms with Gasteiger partial charge >= 0.3 is 0 Å². The Bertz CT molecular complexity index is 1340. The number of methoxy groups -OCH3 is 1. The summed E-state index contributed by atoms with van der Waals surface area (Å²) in [5.74, 6) is 0.237. The summed E-state index contributed by atoms with van der Waals surface area (Å²) in [6.07, 6.45) is 6.87. The van der Waals surface area contributed by atoms with Gasteiger partial charge in [0.2, 0.25) is 0 Å². The SMILES string of the molecule is C=C(C)[C@@H]1CC[C@@]2(C)CC1c1c(O)c3c(c(CC=C(C)C)c1O2)OC1C(=C[C@@H](C(C)=O)CC1C(C)(C)OC)C3=O. The van der Waals surface area contributed by atoms with E-state index >= 15 is 0 Å². The van der Waals surface area contributed by atoms with Crippen molar-refractivity contribution in [2.75, 3.05) is 7.11 Å². The van der Waals surface area contributed by atoms with Gasteiger partial charge in [0.15, 0.2) is 5.78 Å². The van der Waals surface area contributed by atoms with E-state index in [1.165, 1.54) is 0 Å². The van der Waals surface area contributed by atoms with Crippen LogP contribution in [0.15, 0.2) is 35.5 Å². The number of fused-ring (bicyclic) bond motifs is 6. The van der Waals surface area contributed by atoms with Gasteiger partial charge in [0.25, 0.3) is 0 Å². The second kappa shape index (κ2) is 9.90. The molecule has 0 saturated heterocycles. The van der Waals surface area contributed by atoms with E-state index in [9.17, 15) is 14.7 Å². The Hall–Kier alpha value is -2.86. The van der Waals surface area contributed by atoms with Crippen LogP contribution in [-0.2, 0) is 16.0 Å². The zero-order valence-electron chi connectivity index (χ0n) is 25.3. The standard InChI is InChI=1S/C34H44O6/c1-17(2)10-11-22-31-27(29(37)26-24-16-34(8,40-32(22)26)13-12-21(24)18(3)4)28(36)23-14-20(19(5)35)15-25(30(23)39-31)33(6,7)38-9/h10,14,20-21,24-25,30,37H,3,11-13,15-16H2,1-2,4-9H3/t20-,21+,24?,25?,30?,34+/m1/s1. The molecule has 2 bridgehead atoms. The van der Waals surface area contributed by atoms with Crippen LogP contribution in [0.25, 0.3) is 0 Å². The predicted octanol–water partition coefficient (Wildman–Crippen LogP) is 7.03. The molecule has 2 heterocycles. The summed E-state index contributed by atoms with van der Waals surface area (Å²) in [5, 5.41) is 11.9. The highest BCUT2D eigenvalue weighted by Crippen LogP contribution is 2.60. The quantitative estimate of drug-likeness (QED) is 0.384. The van der Waals surface area contributed by atoms with Gasteiger partial charge < -0.3 is 19.3 Å². The fourth-order valence-corrected chi connectivity index (χ4v) is 7.36. The van der Waals surface area contributed by atoms with Gasteiger partial charge in [0.05, 0.1) is 5.60 Å². The lowest BCUT2D eigenvalue weighted by Gasteiger charge is -2.50. The van der Waals surface area contributed by atoms with Crippen molar-refractivity contribution in [1.82, 2.24) is 0 Å². The lowest BCUT2D eigenvalue weighted by Crippen LogP contribution is -2.51. The number of rotatable bonds is 6. The first-order chi connectivity index (χ1) is 18.7. The van der Waals surface area contributed by atoms with Crippen molar-refractivity contribution in [3.05, 3.63) is 52.1 Å². The molecule has 2 aliphatic heterocycles. The summed E-state index contributed by atoms with van der Waals surface area (Å²) in [4.78, 5) is 27.0. The molecule has 5 rings (SSSR count). The molecule has 0 radical (unpaired) electrons. The molecule has 1 aromatic rings. The number of hydrogen-bond donors (Lipinski definition) is 1. The molecule has 3 unspecified atom stereocenters. The molecule has 0 spiro atoms. The van der Waals surface area contributed by atoms with Crippen molar-refractivity contribution in [3.63, 3.8) is 0 Å². The van der Waals surface area contributed by atoms with Gasteiger partial charge in [-0.25, -0.2) is 0 Å². The summed E-state index contributed by atoms with van der Waals surface area (Å²) in [6.45, 7) is 18.1. The molecule has 1 saturated carbocycles. The maximum atomic E-state index is 14.4. The Balaban J connectivity index is 1.78. The first-order valence-electron chi connectivity index (χ1n) is 14.6. The van der Waals surface area contributed by atoms with Crippen LogP contribution >= 0.6 is 0 Å². The van der Waals surface area contributed by atoms with Crippen LogP contribution in [0.3, 0.4) is 0 Å². The zero-order chi connectivity index (χ0) is 29.3. The smallest absolute Gasteiger partial charge is 0.199 e. The Morgan fingerprint density at radius 2 is 1.95 bits per heavy atom. The number of Topliss-reactive ketones (excluding diaryl/α,β-unsaturated/α-hetero) is 2. The Labute approximate surface area is 238 Å². The van der Waals surface area contributed by atoms with Crippen molar-refractivity contribution in [2.45, 2.75) is 104 Å². The molecule has 216 valence electrons. The van der Waals surface area contributed by atoms with E-state index in [0.717, 1.165) is 36.0 Å². The van der Waals surface area contributed by atoms with Crippen LogP contribution < -0.4 is 9.47 Å². The fourth-order valence-electron chi connectivity index (χ4n) is 7.36. The number of ketones is 2. The van der Waals surface area contributed by atoms with Gasteiger partial charge in [-0.15, -0.1) is 0 Å².